The lowest BCUT2D eigenvalue weighted by Crippen LogP contribution is -2.28. The molecule has 2 heteroatoms. The summed E-state index contributed by atoms with van der Waals surface area (Å²) in [7, 11) is 0. The summed E-state index contributed by atoms with van der Waals surface area (Å²) in [6, 6.07) is 120. The van der Waals surface area contributed by atoms with Crippen LogP contribution in [0.5, 0.6) is 0 Å². The molecule has 0 saturated heterocycles. The van der Waals surface area contributed by atoms with Gasteiger partial charge in [0.1, 0.15) is 0 Å². The van der Waals surface area contributed by atoms with Crippen molar-refractivity contribution in [2.45, 2.75) is 10.8 Å². The molecule has 0 saturated carbocycles. The summed E-state index contributed by atoms with van der Waals surface area (Å²) in [4.78, 5) is 12.1. The molecule has 1 aromatic heterocycles. The molecule has 0 spiro atoms. The maximum atomic E-state index is 6.06. The van der Waals surface area contributed by atoms with Gasteiger partial charge in [0.15, 0.2) is 0 Å². The molecule has 0 fully saturated rings. The summed E-state index contributed by atoms with van der Waals surface area (Å²) in [6.45, 7) is 0. The highest BCUT2D eigenvalue weighted by Crippen LogP contribution is 2.61. The van der Waals surface area contributed by atoms with Crippen molar-refractivity contribution in [3.05, 3.63) is 372 Å². The normalized spacial score (nSPS) is 13.2. The average molecular weight is 1070 g/mol. The van der Waals surface area contributed by atoms with Crippen molar-refractivity contribution >= 4 is 11.0 Å². The third kappa shape index (κ3) is 7.44. The van der Waals surface area contributed by atoms with Gasteiger partial charge in [0, 0.05) is 33.4 Å². The lowest BCUT2D eigenvalue weighted by Gasteiger charge is -2.34. The topological polar surface area (TPSA) is 25.8 Å². The number of nitrogens with zero attached hydrogens (tertiary/aromatic N) is 2. The molecule has 0 aliphatic heterocycles. The standard InChI is InChI=1S/C82H54N2/c1-9-29-55(30-10-1)75-73(59-49-51-67-65-45-25-27-47-69(65)81(71(67)53-59,61-37-17-5-18-38-61)62-39-19-6-20-40-62)74(60-50-52-68-66-46-26-28-48-70(66)82(72(68)54-60,63-41-21-7-22-42-63)64-43-23-8-24-44-64)76(56-31-11-2-12-32-56)80-79(75)83-77(57-33-13-3-14-34-57)78(84-80)58-35-15-4-16-36-58/h1-54H. The van der Waals surface area contributed by atoms with Gasteiger partial charge in [-0.15, -0.1) is 0 Å². The highest BCUT2D eigenvalue weighted by atomic mass is 14.8. The van der Waals surface area contributed by atoms with Gasteiger partial charge in [0.2, 0.25) is 0 Å². The first-order chi connectivity index (χ1) is 41.7. The molecule has 0 bridgehead atoms. The van der Waals surface area contributed by atoms with Gasteiger partial charge in [-0.05, 0) is 101 Å². The number of fused-ring (bicyclic) bond motifs is 7. The largest absolute Gasteiger partial charge is 0.243 e. The molecule has 0 atom stereocenters. The second kappa shape index (κ2) is 20.0. The van der Waals surface area contributed by atoms with Crippen molar-refractivity contribution in [3.8, 4) is 89.3 Å². The maximum Gasteiger partial charge on any atom is 0.0986 e. The Bertz CT molecular complexity index is 4390. The minimum absolute atomic E-state index is 0.647. The van der Waals surface area contributed by atoms with E-state index < -0.39 is 10.8 Å². The van der Waals surface area contributed by atoms with Crippen molar-refractivity contribution in [2.24, 2.45) is 0 Å². The quantitative estimate of drug-likeness (QED) is 0.136. The zero-order valence-electron chi connectivity index (χ0n) is 46.1. The molecular weight excluding hydrogens is 1010 g/mol. The monoisotopic (exact) mass is 1070 g/mol. The van der Waals surface area contributed by atoms with E-state index in [1.54, 1.807) is 0 Å². The van der Waals surface area contributed by atoms with Crippen molar-refractivity contribution in [3.63, 3.8) is 0 Å². The van der Waals surface area contributed by atoms with Crippen molar-refractivity contribution in [1.82, 2.24) is 9.97 Å². The lowest BCUT2D eigenvalue weighted by molar-refractivity contribution is 0.768. The fourth-order valence-corrected chi connectivity index (χ4v) is 14.4. The maximum absolute atomic E-state index is 6.06. The van der Waals surface area contributed by atoms with Crippen LogP contribution in [0.1, 0.15) is 44.5 Å². The molecule has 84 heavy (non-hydrogen) atoms. The molecule has 392 valence electrons. The Morgan fingerprint density at radius 1 is 0.190 bits per heavy atom. The van der Waals surface area contributed by atoms with Gasteiger partial charge in [-0.2, -0.15) is 0 Å². The number of aromatic nitrogens is 2. The number of hydrogen-bond acceptors (Lipinski definition) is 2. The first-order valence-corrected chi connectivity index (χ1v) is 29.1. The fraction of sp³-hybridized carbons (Fsp3) is 0.0244. The van der Waals surface area contributed by atoms with Crippen LogP contribution in [0, 0.1) is 0 Å². The van der Waals surface area contributed by atoms with Gasteiger partial charge in [-0.1, -0.05) is 315 Å². The number of benzene rings is 13. The lowest BCUT2D eigenvalue weighted by atomic mass is 9.67. The first kappa shape index (κ1) is 49.1. The molecule has 2 aliphatic rings. The van der Waals surface area contributed by atoms with E-state index in [1.165, 1.54) is 66.8 Å². The summed E-state index contributed by atoms with van der Waals surface area (Å²) in [5.41, 5.74) is 27.3. The van der Waals surface area contributed by atoms with E-state index in [-0.39, 0.29) is 0 Å². The minimum Gasteiger partial charge on any atom is -0.243 e. The smallest absolute Gasteiger partial charge is 0.0986 e. The second-order valence-electron chi connectivity index (χ2n) is 22.2. The molecule has 0 amide bonds. The predicted molar refractivity (Wildman–Crippen MR) is 347 cm³/mol. The summed E-state index contributed by atoms with van der Waals surface area (Å²) in [5, 5.41) is 0. The van der Waals surface area contributed by atoms with Gasteiger partial charge in [-0.3, -0.25) is 0 Å². The third-order valence-electron chi connectivity index (χ3n) is 17.8. The van der Waals surface area contributed by atoms with Crippen molar-refractivity contribution in [1.29, 1.82) is 0 Å². The van der Waals surface area contributed by atoms with Crippen LogP contribution in [-0.2, 0) is 10.8 Å². The zero-order chi connectivity index (χ0) is 55.6. The molecular formula is C82H54N2. The molecule has 0 radical (unpaired) electrons. The highest BCUT2D eigenvalue weighted by Gasteiger charge is 2.48. The number of rotatable bonds is 10. The van der Waals surface area contributed by atoms with E-state index in [9.17, 15) is 0 Å². The van der Waals surface area contributed by atoms with E-state index in [0.717, 1.165) is 78.1 Å². The van der Waals surface area contributed by atoms with E-state index in [1.807, 2.05) is 0 Å². The van der Waals surface area contributed by atoms with Gasteiger partial charge in [0.05, 0.1) is 33.3 Å². The third-order valence-corrected chi connectivity index (χ3v) is 17.8. The molecule has 13 aromatic carbocycles. The molecule has 16 rings (SSSR count). The van der Waals surface area contributed by atoms with Crippen LogP contribution in [0.3, 0.4) is 0 Å². The van der Waals surface area contributed by atoms with E-state index in [0.29, 0.717) is 0 Å². The Morgan fingerprint density at radius 3 is 0.774 bits per heavy atom. The van der Waals surface area contributed by atoms with Crippen LogP contribution in [-0.4, -0.2) is 9.97 Å². The Balaban J connectivity index is 1.12. The predicted octanol–water partition coefficient (Wildman–Crippen LogP) is 20.4. The van der Waals surface area contributed by atoms with Crippen LogP contribution in [0.2, 0.25) is 0 Å². The Labute approximate surface area is 490 Å². The van der Waals surface area contributed by atoms with Gasteiger partial charge in [-0.25, -0.2) is 9.97 Å². The van der Waals surface area contributed by atoms with Crippen molar-refractivity contribution in [2.75, 3.05) is 0 Å². The minimum atomic E-state index is -0.647. The second-order valence-corrected chi connectivity index (χ2v) is 22.2. The van der Waals surface area contributed by atoms with Crippen LogP contribution in [0.15, 0.2) is 328 Å². The Hall–Kier alpha value is -10.8. The zero-order valence-corrected chi connectivity index (χ0v) is 46.1. The highest BCUT2D eigenvalue weighted by molar-refractivity contribution is 6.17. The Kier molecular flexibility index (Phi) is 11.7. The summed E-state index contributed by atoms with van der Waals surface area (Å²) >= 11 is 0. The molecule has 0 unspecified atom stereocenters. The van der Waals surface area contributed by atoms with Crippen LogP contribution in [0.25, 0.3) is 100 Å². The molecule has 2 aliphatic carbocycles. The summed E-state index contributed by atoms with van der Waals surface area (Å²) in [5.74, 6) is 0. The van der Waals surface area contributed by atoms with E-state index >= 15 is 0 Å². The van der Waals surface area contributed by atoms with E-state index in [4.69, 9.17) is 9.97 Å². The summed E-state index contributed by atoms with van der Waals surface area (Å²) in [6.07, 6.45) is 0. The molecule has 2 nitrogen and oxygen atoms in total. The van der Waals surface area contributed by atoms with Crippen LogP contribution < -0.4 is 0 Å². The van der Waals surface area contributed by atoms with Crippen LogP contribution >= 0.6 is 0 Å². The summed E-state index contributed by atoms with van der Waals surface area (Å²) < 4.78 is 0. The van der Waals surface area contributed by atoms with E-state index in [2.05, 4.69) is 328 Å². The van der Waals surface area contributed by atoms with Crippen LogP contribution in [0.4, 0.5) is 0 Å². The average Bonchev–Trinajstić information content (AvgIpc) is 1.56. The molecule has 14 aromatic rings. The Morgan fingerprint density at radius 2 is 0.452 bits per heavy atom. The first-order valence-electron chi connectivity index (χ1n) is 29.1. The molecule has 0 N–H and O–H groups in total. The molecule has 1 heterocycles. The number of hydrogen-bond donors (Lipinski definition) is 0. The van der Waals surface area contributed by atoms with Crippen molar-refractivity contribution < 1.29 is 0 Å². The van der Waals surface area contributed by atoms with Gasteiger partial charge < -0.3 is 0 Å². The SMILES string of the molecule is c1ccc(-c2nc3c(-c4ccccc4)c(-c4ccc5c(c4)C(c4ccccc4)(c4ccccc4)c4ccccc4-5)c(-c4ccc5c(c4)C(c4ccccc4)(c4ccccc4)c4ccccc4-5)c(-c4ccccc4)c3nc2-c2ccccc2)cc1. The van der Waals surface area contributed by atoms with Gasteiger partial charge >= 0.3 is 0 Å². The van der Waals surface area contributed by atoms with Gasteiger partial charge in [0.25, 0.3) is 0 Å². The fourth-order valence-electron chi connectivity index (χ4n) is 14.4.